The van der Waals surface area contributed by atoms with Crippen molar-refractivity contribution < 1.29 is 4.79 Å². The van der Waals surface area contributed by atoms with Crippen molar-refractivity contribution in [2.24, 2.45) is 0 Å². The van der Waals surface area contributed by atoms with E-state index < -0.39 is 0 Å². The largest absolute Gasteiger partial charge is 0.364 e. The zero-order valence-corrected chi connectivity index (χ0v) is 13.0. The molecule has 4 heteroatoms. The fraction of sp³-hybridized carbons (Fsp3) is 0.667. The Morgan fingerprint density at radius 3 is 2.26 bits per heavy atom. The number of aromatic amines is 1. The fourth-order valence-corrected chi connectivity index (χ4v) is 2.51. The molecule has 0 radical (unpaired) electrons. The van der Waals surface area contributed by atoms with Gasteiger partial charge in [0.05, 0.1) is 5.56 Å². The van der Waals surface area contributed by atoms with Gasteiger partial charge in [0.2, 0.25) is 0 Å². The number of amides is 1. The van der Waals surface area contributed by atoms with Gasteiger partial charge in [-0.1, -0.05) is 0 Å². The van der Waals surface area contributed by atoms with Crippen molar-refractivity contribution >= 4 is 5.91 Å². The molecule has 0 saturated carbocycles. The molecule has 0 aliphatic carbocycles. The number of rotatable bonds is 6. The molecule has 0 atom stereocenters. The van der Waals surface area contributed by atoms with Crippen molar-refractivity contribution in [3.63, 3.8) is 0 Å². The summed E-state index contributed by atoms with van der Waals surface area (Å²) < 4.78 is 0. The summed E-state index contributed by atoms with van der Waals surface area (Å²) in [6, 6.07) is 0.986. The Hall–Kier alpha value is -1.29. The van der Waals surface area contributed by atoms with E-state index in [1.807, 2.05) is 20.0 Å². The number of aryl methyl sites for hydroxylation is 2. The Kier molecular flexibility index (Phi) is 5.60. The van der Waals surface area contributed by atoms with Gasteiger partial charge in [0.1, 0.15) is 0 Å². The summed E-state index contributed by atoms with van der Waals surface area (Å²) in [5.41, 5.74) is 2.71. The van der Waals surface area contributed by atoms with Gasteiger partial charge < -0.3 is 10.3 Å². The van der Waals surface area contributed by atoms with Crippen LogP contribution in [0.2, 0.25) is 0 Å². The first-order chi connectivity index (χ1) is 8.84. The fourth-order valence-electron chi connectivity index (χ4n) is 2.51. The van der Waals surface area contributed by atoms with E-state index in [2.05, 4.69) is 42.9 Å². The third-order valence-corrected chi connectivity index (χ3v) is 3.48. The van der Waals surface area contributed by atoms with Crippen molar-refractivity contribution in [3.8, 4) is 0 Å². The summed E-state index contributed by atoms with van der Waals surface area (Å²) in [7, 11) is 0. The zero-order chi connectivity index (χ0) is 14.6. The first-order valence-corrected chi connectivity index (χ1v) is 7.03. The molecule has 1 aromatic heterocycles. The molecule has 0 aliphatic heterocycles. The molecule has 108 valence electrons. The average Bonchev–Trinajstić information content (AvgIpc) is 2.63. The Bertz CT molecular complexity index is 394. The summed E-state index contributed by atoms with van der Waals surface area (Å²) in [5, 5.41) is 3.01. The second-order valence-electron chi connectivity index (χ2n) is 5.65. The van der Waals surface area contributed by atoms with Crippen molar-refractivity contribution in [1.82, 2.24) is 15.2 Å². The molecule has 4 nitrogen and oxygen atoms in total. The Morgan fingerprint density at radius 1 is 1.26 bits per heavy atom. The molecule has 1 rings (SSSR count). The van der Waals surface area contributed by atoms with Crippen LogP contribution in [0.4, 0.5) is 0 Å². The smallest absolute Gasteiger partial charge is 0.253 e. The number of aromatic nitrogens is 1. The topological polar surface area (TPSA) is 48.1 Å². The summed E-state index contributed by atoms with van der Waals surface area (Å²) >= 11 is 0. The van der Waals surface area contributed by atoms with Gasteiger partial charge in [-0.25, -0.2) is 0 Å². The Morgan fingerprint density at radius 2 is 1.84 bits per heavy atom. The zero-order valence-electron chi connectivity index (χ0n) is 13.0. The molecule has 0 fully saturated rings. The van der Waals surface area contributed by atoms with Gasteiger partial charge in [0.15, 0.2) is 0 Å². The number of carbonyl (C=O) groups is 1. The van der Waals surface area contributed by atoms with E-state index in [1.165, 1.54) is 0 Å². The highest BCUT2D eigenvalue weighted by atomic mass is 16.1. The molecular weight excluding hydrogens is 238 g/mol. The van der Waals surface area contributed by atoms with Crippen molar-refractivity contribution in [2.75, 3.05) is 13.1 Å². The van der Waals surface area contributed by atoms with Crippen LogP contribution in [0.1, 0.15) is 49.3 Å². The first-order valence-electron chi connectivity index (χ1n) is 7.03. The van der Waals surface area contributed by atoms with E-state index in [-0.39, 0.29) is 5.91 Å². The maximum atomic E-state index is 12.1. The van der Waals surface area contributed by atoms with Crippen LogP contribution in [0.15, 0.2) is 6.20 Å². The number of nitrogens with zero attached hydrogens (tertiary/aromatic N) is 1. The lowest BCUT2D eigenvalue weighted by atomic mass is 10.1. The van der Waals surface area contributed by atoms with E-state index in [1.54, 1.807) is 0 Å². The number of carbonyl (C=O) groups excluding carboxylic acids is 1. The molecule has 19 heavy (non-hydrogen) atoms. The molecule has 0 aliphatic rings. The molecule has 1 aromatic rings. The lowest BCUT2D eigenvalue weighted by Crippen LogP contribution is -2.42. The molecular formula is C15H27N3O. The maximum absolute atomic E-state index is 12.1. The highest BCUT2D eigenvalue weighted by Crippen LogP contribution is 2.11. The predicted octanol–water partition coefficient (Wildman–Crippen LogP) is 2.48. The molecule has 0 saturated heterocycles. The summed E-state index contributed by atoms with van der Waals surface area (Å²) in [6.07, 6.45) is 1.87. The molecule has 0 aromatic carbocycles. The number of nitrogens with one attached hydrogen (secondary N) is 2. The average molecular weight is 265 g/mol. The predicted molar refractivity (Wildman–Crippen MR) is 79.6 cm³/mol. The molecule has 1 amide bonds. The molecule has 0 unspecified atom stereocenters. The van der Waals surface area contributed by atoms with Crippen LogP contribution in [0.5, 0.6) is 0 Å². The highest BCUT2D eigenvalue weighted by molar-refractivity contribution is 5.96. The second-order valence-corrected chi connectivity index (χ2v) is 5.65. The third-order valence-electron chi connectivity index (χ3n) is 3.48. The van der Waals surface area contributed by atoms with E-state index in [4.69, 9.17) is 0 Å². The van der Waals surface area contributed by atoms with Gasteiger partial charge >= 0.3 is 0 Å². The normalized spacial score (nSPS) is 11.6. The van der Waals surface area contributed by atoms with Crippen LogP contribution in [-0.2, 0) is 0 Å². The van der Waals surface area contributed by atoms with Crippen molar-refractivity contribution in [3.05, 3.63) is 23.0 Å². The second kappa shape index (κ2) is 6.75. The summed E-state index contributed by atoms with van der Waals surface area (Å²) in [4.78, 5) is 17.6. The van der Waals surface area contributed by atoms with Crippen LogP contribution < -0.4 is 5.32 Å². The Balaban J connectivity index is 2.52. The van der Waals surface area contributed by atoms with Crippen LogP contribution in [0, 0.1) is 13.8 Å². The van der Waals surface area contributed by atoms with Gasteiger partial charge in [-0.15, -0.1) is 0 Å². The van der Waals surface area contributed by atoms with Gasteiger partial charge in [0.25, 0.3) is 5.91 Å². The maximum Gasteiger partial charge on any atom is 0.253 e. The van der Waals surface area contributed by atoms with Crippen LogP contribution in [-0.4, -0.2) is 41.0 Å². The third kappa shape index (κ3) is 4.10. The van der Waals surface area contributed by atoms with Gasteiger partial charge in [-0.2, -0.15) is 0 Å². The lowest BCUT2D eigenvalue weighted by Gasteiger charge is -2.30. The molecule has 2 N–H and O–H groups in total. The van der Waals surface area contributed by atoms with Gasteiger partial charge in [-0.05, 0) is 47.1 Å². The number of H-pyrrole nitrogens is 1. The quantitative estimate of drug-likeness (QED) is 0.830. The Labute approximate surface area is 116 Å². The summed E-state index contributed by atoms with van der Waals surface area (Å²) in [6.45, 7) is 14.2. The number of hydrogen-bond acceptors (Lipinski definition) is 2. The number of hydrogen-bond donors (Lipinski definition) is 2. The minimum atomic E-state index is 0.0173. The van der Waals surface area contributed by atoms with E-state index in [9.17, 15) is 4.79 Å². The van der Waals surface area contributed by atoms with Crippen LogP contribution in [0.3, 0.4) is 0 Å². The van der Waals surface area contributed by atoms with Crippen LogP contribution in [0.25, 0.3) is 0 Å². The SMILES string of the molecule is Cc1c[nH]c(C)c1C(=O)NCCN(C(C)C)C(C)C. The first kappa shape index (κ1) is 15.8. The van der Waals surface area contributed by atoms with Crippen LogP contribution >= 0.6 is 0 Å². The standard InChI is InChI=1S/C15H27N3O/c1-10(2)18(11(3)4)8-7-16-15(19)14-12(5)9-17-13(14)6/h9-11,17H,7-8H2,1-6H3,(H,16,19). The summed E-state index contributed by atoms with van der Waals surface area (Å²) in [5.74, 6) is 0.0173. The minimum absolute atomic E-state index is 0.0173. The van der Waals surface area contributed by atoms with Gasteiger partial charge in [-0.3, -0.25) is 9.69 Å². The van der Waals surface area contributed by atoms with Crippen molar-refractivity contribution in [1.29, 1.82) is 0 Å². The monoisotopic (exact) mass is 265 g/mol. The molecule has 1 heterocycles. The lowest BCUT2D eigenvalue weighted by molar-refractivity contribution is 0.0938. The van der Waals surface area contributed by atoms with Crippen molar-refractivity contribution in [2.45, 2.75) is 53.6 Å². The van der Waals surface area contributed by atoms with E-state index in [0.29, 0.717) is 18.6 Å². The highest BCUT2D eigenvalue weighted by Gasteiger charge is 2.15. The minimum Gasteiger partial charge on any atom is -0.364 e. The molecule has 0 spiro atoms. The van der Waals surface area contributed by atoms with E-state index >= 15 is 0 Å². The van der Waals surface area contributed by atoms with Gasteiger partial charge in [0, 0.05) is 37.1 Å². The van der Waals surface area contributed by atoms with E-state index in [0.717, 1.165) is 23.4 Å². The molecule has 0 bridgehead atoms.